The number of sulfone groups is 1. The van der Waals surface area contributed by atoms with Crippen molar-refractivity contribution in [2.45, 2.75) is 87.3 Å². The van der Waals surface area contributed by atoms with Crippen LogP contribution in [0.3, 0.4) is 0 Å². The molecule has 0 spiro atoms. The Hall–Kier alpha value is -2.07. The first kappa shape index (κ1) is 25.6. The van der Waals surface area contributed by atoms with E-state index in [1.54, 1.807) is 24.3 Å². The molecule has 1 atom stereocenters. The summed E-state index contributed by atoms with van der Waals surface area (Å²) in [6.45, 7) is 6.07. The number of thiazole rings is 1. The van der Waals surface area contributed by atoms with Gasteiger partial charge in [0, 0.05) is 11.0 Å². The minimum absolute atomic E-state index is 0.244. The highest BCUT2D eigenvalue weighted by molar-refractivity contribution is 7.92. The van der Waals surface area contributed by atoms with Gasteiger partial charge < -0.3 is 9.47 Å². The van der Waals surface area contributed by atoms with Gasteiger partial charge in [-0.25, -0.2) is 13.4 Å². The minimum atomic E-state index is -3.31. The molecule has 2 saturated carbocycles. The van der Waals surface area contributed by atoms with E-state index in [0.29, 0.717) is 33.7 Å². The number of carbonyl (C=O) groups is 1. The van der Waals surface area contributed by atoms with Gasteiger partial charge in [0.2, 0.25) is 0 Å². The van der Waals surface area contributed by atoms with Gasteiger partial charge in [-0.05, 0) is 70.1 Å². The lowest BCUT2D eigenvalue weighted by Crippen LogP contribution is -2.28. The van der Waals surface area contributed by atoms with E-state index < -0.39 is 21.2 Å². The van der Waals surface area contributed by atoms with Crippen molar-refractivity contribution in [3.05, 3.63) is 47.0 Å². The zero-order valence-electron chi connectivity index (χ0n) is 21.1. The predicted octanol–water partition coefficient (Wildman–Crippen LogP) is 5.68. The molecular formula is C27H34N2O5S2. The summed E-state index contributed by atoms with van der Waals surface area (Å²) in [5.41, 5.74) is 1.32. The number of allylic oxidation sites excluding steroid dienone is 1. The summed E-state index contributed by atoms with van der Waals surface area (Å²) >= 11 is 1.35. The number of nitrogens with one attached hydrogen (secondary N) is 1. The van der Waals surface area contributed by atoms with Crippen LogP contribution in [0.1, 0.15) is 77.0 Å². The van der Waals surface area contributed by atoms with Gasteiger partial charge in [-0.3, -0.25) is 10.1 Å². The molecule has 2 aliphatic carbocycles. The molecule has 2 aromatic rings. The highest BCUT2D eigenvalue weighted by atomic mass is 32.2. The molecule has 1 saturated heterocycles. The number of hydrogen-bond donors (Lipinski definition) is 1. The monoisotopic (exact) mass is 530 g/mol. The molecule has 194 valence electrons. The smallest absolute Gasteiger partial charge is 0.257 e. The van der Waals surface area contributed by atoms with Crippen molar-refractivity contribution in [2.24, 2.45) is 5.92 Å². The first-order valence-corrected chi connectivity index (χ1v) is 15.2. The van der Waals surface area contributed by atoms with Crippen LogP contribution in [0.25, 0.3) is 5.57 Å². The van der Waals surface area contributed by atoms with Crippen molar-refractivity contribution in [3.63, 3.8) is 0 Å². The number of anilines is 1. The number of nitrogens with zero attached hydrogens (tertiary/aromatic N) is 1. The fraction of sp³-hybridized carbons (Fsp3) is 0.556. The van der Waals surface area contributed by atoms with E-state index in [9.17, 15) is 13.2 Å². The van der Waals surface area contributed by atoms with Gasteiger partial charge in [0.15, 0.2) is 20.8 Å². The Bertz CT molecular complexity index is 1260. The average molecular weight is 531 g/mol. The molecule has 1 aromatic heterocycles. The first-order chi connectivity index (χ1) is 17.1. The maximum Gasteiger partial charge on any atom is 0.257 e. The average Bonchev–Trinajstić information content (AvgIpc) is 3.52. The maximum absolute atomic E-state index is 13.5. The van der Waals surface area contributed by atoms with Gasteiger partial charge in [-0.2, -0.15) is 0 Å². The zero-order valence-corrected chi connectivity index (χ0v) is 22.7. The van der Waals surface area contributed by atoms with Gasteiger partial charge in [0.25, 0.3) is 5.91 Å². The highest BCUT2D eigenvalue weighted by Crippen LogP contribution is 2.39. The van der Waals surface area contributed by atoms with Crippen LogP contribution in [0.15, 0.2) is 40.6 Å². The molecule has 1 N–H and O–H groups in total. The van der Waals surface area contributed by atoms with Gasteiger partial charge in [0.05, 0.1) is 22.4 Å². The van der Waals surface area contributed by atoms with Crippen LogP contribution in [-0.2, 0) is 29.7 Å². The lowest BCUT2D eigenvalue weighted by molar-refractivity contribution is -0.160. The van der Waals surface area contributed by atoms with Gasteiger partial charge in [-0.15, -0.1) is 11.3 Å². The molecule has 0 radical (unpaired) electrons. The van der Waals surface area contributed by atoms with Crippen LogP contribution in [-0.4, -0.2) is 37.0 Å². The van der Waals surface area contributed by atoms with Crippen molar-refractivity contribution >= 4 is 37.8 Å². The van der Waals surface area contributed by atoms with Gasteiger partial charge in [0.1, 0.15) is 5.60 Å². The predicted molar refractivity (Wildman–Crippen MR) is 140 cm³/mol. The van der Waals surface area contributed by atoms with Gasteiger partial charge >= 0.3 is 0 Å². The number of rotatable bonds is 7. The van der Waals surface area contributed by atoms with Crippen molar-refractivity contribution < 1.29 is 22.7 Å². The van der Waals surface area contributed by atoms with Crippen molar-refractivity contribution in [1.82, 2.24) is 4.98 Å². The molecule has 1 aromatic carbocycles. The molecule has 7 nitrogen and oxygen atoms in total. The molecule has 9 heteroatoms. The number of amides is 1. The third kappa shape index (κ3) is 5.16. The Kier molecular flexibility index (Phi) is 6.87. The highest BCUT2D eigenvalue weighted by Gasteiger charge is 2.44. The molecule has 1 amide bonds. The van der Waals surface area contributed by atoms with Crippen LogP contribution in [0.5, 0.6) is 0 Å². The van der Waals surface area contributed by atoms with E-state index in [4.69, 9.17) is 9.47 Å². The standard InChI is InChI=1S/C27H34N2O5S2/c1-26(2)33-17-27(3,34-26)23-16-35-25(28-23)29-24(30)22(15-18-7-4-5-8-18)19-11-13-21(14-12-19)36(31,32)20-9-6-10-20/h11-16,18,20H,4-10,17H2,1-3H3,(H,28,29,30). The van der Waals surface area contributed by atoms with Crippen molar-refractivity contribution in [2.75, 3.05) is 11.9 Å². The second-order valence-electron chi connectivity index (χ2n) is 10.8. The van der Waals surface area contributed by atoms with E-state index >= 15 is 0 Å². The van der Waals surface area contributed by atoms with Crippen LogP contribution in [0, 0.1) is 5.92 Å². The van der Waals surface area contributed by atoms with Crippen LogP contribution < -0.4 is 5.32 Å². The molecule has 1 unspecified atom stereocenters. The summed E-state index contributed by atoms with van der Waals surface area (Å²) < 4.78 is 37.4. The molecule has 5 rings (SSSR count). The Morgan fingerprint density at radius 3 is 2.36 bits per heavy atom. The molecule has 3 fully saturated rings. The molecule has 2 heterocycles. The lowest BCUT2D eigenvalue weighted by atomic mass is 9.98. The van der Waals surface area contributed by atoms with Gasteiger partial charge in [-0.1, -0.05) is 37.5 Å². The second-order valence-corrected chi connectivity index (χ2v) is 13.8. The molecule has 3 aliphatic rings. The van der Waals surface area contributed by atoms with E-state index in [-0.39, 0.29) is 11.2 Å². The summed E-state index contributed by atoms with van der Waals surface area (Å²) in [7, 11) is -3.31. The number of aromatic nitrogens is 1. The molecule has 0 bridgehead atoms. The second kappa shape index (κ2) is 9.67. The number of benzene rings is 1. The fourth-order valence-corrected chi connectivity index (χ4v) is 7.82. The van der Waals surface area contributed by atoms with Crippen LogP contribution >= 0.6 is 11.3 Å². The van der Waals surface area contributed by atoms with E-state index in [0.717, 1.165) is 50.6 Å². The van der Waals surface area contributed by atoms with Crippen LogP contribution in [0.4, 0.5) is 5.13 Å². The SMILES string of the molecule is CC1(C)OCC(C)(c2csc(NC(=O)C(=CC3CCCC3)c3ccc(S(=O)(=O)C4CCC4)cc3)n2)O1. The zero-order chi connectivity index (χ0) is 25.6. The van der Waals surface area contributed by atoms with Crippen molar-refractivity contribution in [3.8, 4) is 0 Å². The number of carbonyl (C=O) groups excluding carboxylic acids is 1. The third-order valence-electron chi connectivity index (χ3n) is 7.46. The molecule has 36 heavy (non-hydrogen) atoms. The molecular weight excluding hydrogens is 496 g/mol. The first-order valence-electron chi connectivity index (χ1n) is 12.7. The van der Waals surface area contributed by atoms with E-state index in [2.05, 4.69) is 10.3 Å². The Morgan fingerprint density at radius 2 is 1.78 bits per heavy atom. The molecule has 1 aliphatic heterocycles. The van der Waals surface area contributed by atoms with E-state index in [1.807, 2.05) is 32.2 Å². The summed E-state index contributed by atoms with van der Waals surface area (Å²) in [5, 5.41) is 5.07. The lowest BCUT2D eigenvalue weighted by Gasteiger charge is -2.25. The normalized spacial score (nSPS) is 25.1. The topological polar surface area (TPSA) is 94.6 Å². The summed E-state index contributed by atoms with van der Waals surface area (Å²) in [6.07, 6.45) is 8.87. The quantitative estimate of drug-likeness (QED) is 0.463. The minimum Gasteiger partial charge on any atom is -0.347 e. The summed E-state index contributed by atoms with van der Waals surface area (Å²) in [4.78, 5) is 18.4. The number of hydrogen-bond acceptors (Lipinski definition) is 7. The summed E-state index contributed by atoms with van der Waals surface area (Å²) in [5.74, 6) is -0.593. The Morgan fingerprint density at radius 1 is 1.08 bits per heavy atom. The number of ether oxygens (including phenoxy) is 2. The largest absolute Gasteiger partial charge is 0.347 e. The van der Waals surface area contributed by atoms with Crippen LogP contribution in [0.2, 0.25) is 0 Å². The van der Waals surface area contributed by atoms with E-state index in [1.165, 1.54) is 11.3 Å². The van der Waals surface area contributed by atoms with Crippen molar-refractivity contribution in [1.29, 1.82) is 0 Å². The Balaban J connectivity index is 1.37. The Labute approximate surface area is 217 Å². The fourth-order valence-electron chi connectivity index (χ4n) is 5.14. The maximum atomic E-state index is 13.5. The summed E-state index contributed by atoms with van der Waals surface area (Å²) in [6, 6.07) is 6.79. The third-order valence-corrected chi connectivity index (χ3v) is 10.5.